The number of hydrazone groups is 1. The molecule has 0 saturated heterocycles. The molecule has 0 fully saturated rings. The third kappa shape index (κ3) is 3.98. The molecule has 0 aliphatic carbocycles. The maximum atomic E-state index is 12.4. The Kier molecular flexibility index (Phi) is 5.00. The summed E-state index contributed by atoms with van der Waals surface area (Å²) in [6, 6.07) is 19.1. The lowest BCUT2D eigenvalue weighted by Gasteiger charge is -2.08. The van der Waals surface area contributed by atoms with Crippen molar-refractivity contribution >= 4 is 11.6 Å². The van der Waals surface area contributed by atoms with E-state index in [4.69, 9.17) is 0 Å². The second kappa shape index (κ2) is 7.53. The molecule has 0 spiro atoms. The van der Waals surface area contributed by atoms with E-state index in [1.807, 2.05) is 68.4 Å². The van der Waals surface area contributed by atoms with Gasteiger partial charge in [0, 0.05) is 29.1 Å². The monoisotopic (exact) mass is 329 g/mol. The average molecular weight is 329 g/mol. The van der Waals surface area contributed by atoms with Crippen LogP contribution in [0.4, 0.5) is 0 Å². The van der Waals surface area contributed by atoms with Gasteiger partial charge in [-0.25, -0.2) is 5.43 Å². The van der Waals surface area contributed by atoms with E-state index in [0.29, 0.717) is 11.3 Å². The summed E-state index contributed by atoms with van der Waals surface area (Å²) in [7, 11) is 0. The summed E-state index contributed by atoms with van der Waals surface area (Å²) in [5.74, 6) is -0.236. The Balaban J connectivity index is 1.91. The highest BCUT2D eigenvalue weighted by molar-refractivity contribution is 6.13. The fourth-order valence-electron chi connectivity index (χ4n) is 2.45. The number of carbonyl (C=O) groups is 1. The lowest BCUT2D eigenvalue weighted by molar-refractivity contribution is 0.0955. The smallest absolute Gasteiger partial charge is 0.267 e. The molecule has 2 aromatic carbocycles. The number of benzene rings is 2. The summed E-state index contributed by atoms with van der Waals surface area (Å²) in [5.41, 5.74) is 7.91. The molecule has 0 atom stereocenters. The number of rotatable bonds is 4. The first-order chi connectivity index (χ1) is 12.1. The minimum absolute atomic E-state index is 0.236. The summed E-state index contributed by atoms with van der Waals surface area (Å²) < 4.78 is 0. The molecular formula is C21H19N3O. The van der Waals surface area contributed by atoms with Crippen molar-refractivity contribution in [3.63, 3.8) is 0 Å². The number of nitrogens with zero attached hydrogens (tertiary/aromatic N) is 2. The number of aromatic nitrogens is 1. The quantitative estimate of drug-likeness (QED) is 0.583. The van der Waals surface area contributed by atoms with Gasteiger partial charge in [-0.1, -0.05) is 36.4 Å². The van der Waals surface area contributed by atoms with Crippen molar-refractivity contribution in [2.75, 3.05) is 0 Å². The van der Waals surface area contributed by atoms with Gasteiger partial charge in [-0.3, -0.25) is 9.78 Å². The van der Waals surface area contributed by atoms with Gasteiger partial charge >= 0.3 is 0 Å². The van der Waals surface area contributed by atoms with Crippen LogP contribution in [0, 0.1) is 13.8 Å². The molecule has 25 heavy (non-hydrogen) atoms. The van der Waals surface area contributed by atoms with Gasteiger partial charge in [0.1, 0.15) is 0 Å². The second-order valence-corrected chi connectivity index (χ2v) is 5.81. The molecule has 0 bridgehead atoms. The topological polar surface area (TPSA) is 54.4 Å². The number of hydrogen-bond acceptors (Lipinski definition) is 3. The van der Waals surface area contributed by atoms with Crippen LogP contribution < -0.4 is 5.43 Å². The minimum atomic E-state index is -0.236. The predicted octanol–water partition coefficient (Wildman–Crippen LogP) is 3.88. The van der Waals surface area contributed by atoms with Crippen molar-refractivity contribution in [1.29, 1.82) is 0 Å². The predicted molar refractivity (Wildman–Crippen MR) is 99.7 cm³/mol. The second-order valence-electron chi connectivity index (χ2n) is 5.81. The number of amides is 1. The van der Waals surface area contributed by atoms with E-state index in [2.05, 4.69) is 15.5 Å². The van der Waals surface area contributed by atoms with Gasteiger partial charge < -0.3 is 0 Å². The van der Waals surface area contributed by atoms with Crippen molar-refractivity contribution < 1.29 is 4.79 Å². The maximum absolute atomic E-state index is 12.4. The highest BCUT2D eigenvalue weighted by Gasteiger charge is 2.10. The maximum Gasteiger partial charge on any atom is 0.271 e. The molecule has 0 unspecified atom stereocenters. The van der Waals surface area contributed by atoms with Gasteiger partial charge in [-0.15, -0.1) is 0 Å². The minimum Gasteiger partial charge on any atom is -0.267 e. The van der Waals surface area contributed by atoms with Gasteiger partial charge in [0.05, 0.1) is 5.71 Å². The molecule has 124 valence electrons. The van der Waals surface area contributed by atoms with Crippen LogP contribution in [-0.2, 0) is 0 Å². The fourth-order valence-corrected chi connectivity index (χ4v) is 2.45. The van der Waals surface area contributed by atoms with Gasteiger partial charge in [-0.2, -0.15) is 5.10 Å². The molecule has 4 nitrogen and oxygen atoms in total. The summed E-state index contributed by atoms with van der Waals surface area (Å²) in [6.45, 7) is 4.01. The largest absolute Gasteiger partial charge is 0.271 e. The third-order valence-corrected chi connectivity index (χ3v) is 4.02. The molecule has 0 radical (unpaired) electrons. The van der Waals surface area contributed by atoms with E-state index in [1.54, 1.807) is 18.5 Å². The van der Waals surface area contributed by atoms with Crippen molar-refractivity contribution in [3.8, 4) is 0 Å². The zero-order valence-corrected chi connectivity index (χ0v) is 14.2. The molecule has 3 aromatic rings. The molecule has 1 amide bonds. The standard InChI is InChI=1S/C21H19N3O/c1-15-10-11-18(13-16(15)2)21(25)24-23-20(17-7-4-3-5-8-17)19-9-6-12-22-14-19/h3-14H,1-2H3,(H,24,25)/b23-20+. The van der Waals surface area contributed by atoms with E-state index in [-0.39, 0.29) is 5.91 Å². The van der Waals surface area contributed by atoms with Crippen LogP contribution in [0.15, 0.2) is 78.2 Å². The SMILES string of the molecule is Cc1ccc(C(=O)N/N=C(\c2ccccc2)c2cccnc2)cc1C. The van der Waals surface area contributed by atoms with Crippen molar-refractivity contribution in [2.24, 2.45) is 5.10 Å². The van der Waals surface area contributed by atoms with Crippen LogP contribution in [0.3, 0.4) is 0 Å². The number of pyridine rings is 1. The van der Waals surface area contributed by atoms with Crippen LogP contribution in [0.2, 0.25) is 0 Å². The lowest BCUT2D eigenvalue weighted by atomic mass is 10.0. The Morgan fingerprint density at radius 2 is 1.64 bits per heavy atom. The summed E-state index contributed by atoms with van der Waals surface area (Å²) in [5, 5.41) is 4.37. The zero-order valence-electron chi connectivity index (χ0n) is 14.2. The third-order valence-electron chi connectivity index (χ3n) is 4.02. The van der Waals surface area contributed by atoms with Crippen molar-refractivity contribution in [2.45, 2.75) is 13.8 Å². The number of nitrogens with one attached hydrogen (secondary N) is 1. The van der Waals surface area contributed by atoms with Crippen LogP contribution in [-0.4, -0.2) is 16.6 Å². The highest BCUT2D eigenvalue weighted by atomic mass is 16.2. The van der Waals surface area contributed by atoms with Gasteiger partial charge in [-0.05, 0) is 49.2 Å². The zero-order chi connectivity index (χ0) is 17.6. The first-order valence-corrected chi connectivity index (χ1v) is 8.06. The van der Waals surface area contributed by atoms with E-state index >= 15 is 0 Å². The molecule has 4 heteroatoms. The summed E-state index contributed by atoms with van der Waals surface area (Å²) in [6.07, 6.45) is 3.44. The Bertz CT molecular complexity index is 861. The van der Waals surface area contributed by atoms with Crippen molar-refractivity contribution in [3.05, 3.63) is 101 Å². The molecular weight excluding hydrogens is 310 g/mol. The molecule has 1 aromatic heterocycles. The molecule has 0 aliphatic heterocycles. The molecule has 1 N–H and O–H groups in total. The Hall–Kier alpha value is -3.27. The molecule has 3 rings (SSSR count). The first-order valence-electron chi connectivity index (χ1n) is 8.06. The van der Waals surface area contributed by atoms with E-state index in [1.165, 1.54) is 0 Å². The van der Waals surface area contributed by atoms with Gasteiger partial charge in [0.25, 0.3) is 5.91 Å². The van der Waals surface area contributed by atoms with Crippen LogP contribution in [0.5, 0.6) is 0 Å². The highest BCUT2D eigenvalue weighted by Crippen LogP contribution is 2.11. The van der Waals surface area contributed by atoms with Crippen molar-refractivity contribution in [1.82, 2.24) is 10.4 Å². The fraction of sp³-hybridized carbons (Fsp3) is 0.0952. The summed E-state index contributed by atoms with van der Waals surface area (Å²) >= 11 is 0. The van der Waals surface area contributed by atoms with Crippen LogP contribution in [0.1, 0.15) is 32.6 Å². The van der Waals surface area contributed by atoms with E-state index in [9.17, 15) is 4.79 Å². The first kappa shape index (κ1) is 16.6. The molecule has 0 saturated carbocycles. The number of aryl methyl sites for hydroxylation is 2. The van der Waals surface area contributed by atoms with Crippen LogP contribution >= 0.6 is 0 Å². The van der Waals surface area contributed by atoms with E-state index < -0.39 is 0 Å². The van der Waals surface area contributed by atoms with E-state index in [0.717, 1.165) is 22.3 Å². The normalized spacial score (nSPS) is 11.2. The van der Waals surface area contributed by atoms with Gasteiger partial charge in [0.2, 0.25) is 0 Å². The number of hydrogen-bond donors (Lipinski definition) is 1. The number of carbonyl (C=O) groups excluding carboxylic acids is 1. The Labute approximate surface area is 147 Å². The Morgan fingerprint density at radius 1 is 0.880 bits per heavy atom. The van der Waals surface area contributed by atoms with Gasteiger partial charge in [0.15, 0.2) is 0 Å². The summed E-state index contributed by atoms with van der Waals surface area (Å²) in [4.78, 5) is 16.6. The molecule has 1 heterocycles. The van der Waals surface area contributed by atoms with Crippen LogP contribution in [0.25, 0.3) is 0 Å². The molecule has 0 aliphatic rings. The average Bonchev–Trinajstić information content (AvgIpc) is 2.66. The lowest BCUT2D eigenvalue weighted by Crippen LogP contribution is -2.20. The Morgan fingerprint density at radius 3 is 2.32 bits per heavy atom.